The molecule has 1 N–H and O–H groups in total. The fourth-order valence-corrected chi connectivity index (χ4v) is 1.46. The van der Waals surface area contributed by atoms with Gasteiger partial charge < -0.3 is 4.89 Å². The lowest BCUT2D eigenvalue weighted by molar-refractivity contribution is -0.138. The second-order valence-corrected chi connectivity index (χ2v) is 4.20. The summed E-state index contributed by atoms with van der Waals surface area (Å²) in [6.45, 7) is 8.47. The van der Waals surface area contributed by atoms with E-state index in [9.17, 15) is 0 Å². The maximum absolute atomic E-state index is 8.70. The lowest BCUT2D eigenvalue weighted by atomic mass is 9.95. The zero-order chi connectivity index (χ0) is 10.7. The standard InChI is InChI=1S/C12H18O2/c1-8(2)10-5-6-12(14-13)11(7-10)9(3)4/h5-9,13H,1-4H3. The van der Waals surface area contributed by atoms with Gasteiger partial charge in [-0.1, -0.05) is 39.8 Å². The number of hydrogen-bond donors (Lipinski definition) is 1. The molecule has 0 aliphatic carbocycles. The molecule has 1 aromatic rings. The molecule has 0 saturated carbocycles. The lowest BCUT2D eigenvalue weighted by Crippen LogP contribution is -1.97. The van der Waals surface area contributed by atoms with E-state index in [0.29, 0.717) is 17.6 Å². The Morgan fingerprint density at radius 1 is 1.07 bits per heavy atom. The summed E-state index contributed by atoms with van der Waals surface area (Å²) in [5.41, 5.74) is 2.33. The zero-order valence-electron chi connectivity index (χ0n) is 9.24. The molecule has 0 saturated heterocycles. The van der Waals surface area contributed by atoms with E-state index in [4.69, 9.17) is 5.26 Å². The van der Waals surface area contributed by atoms with Crippen molar-refractivity contribution in [2.45, 2.75) is 39.5 Å². The van der Waals surface area contributed by atoms with Crippen molar-refractivity contribution >= 4 is 0 Å². The molecular formula is C12H18O2. The van der Waals surface area contributed by atoms with E-state index < -0.39 is 0 Å². The minimum absolute atomic E-state index is 0.357. The van der Waals surface area contributed by atoms with Crippen LogP contribution in [0, 0.1) is 0 Å². The molecule has 2 nitrogen and oxygen atoms in total. The third kappa shape index (κ3) is 2.26. The minimum Gasteiger partial charge on any atom is -0.340 e. The topological polar surface area (TPSA) is 29.5 Å². The van der Waals surface area contributed by atoms with Gasteiger partial charge in [0.05, 0.1) is 0 Å². The molecule has 14 heavy (non-hydrogen) atoms. The fraction of sp³-hybridized carbons (Fsp3) is 0.500. The van der Waals surface area contributed by atoms with E-state index in [2.05, 4.69) is 38.6 Å². The molecule has 0 radical (unpaired) electrons. The molecule has 0 amide bonds. The third-order valence-electron chi connectivity index (χ3n) is 2.42. The van der Waals surface area contributed by atoms with E-state index in [1.165, 1.54) is 5.56 Å². The third-order valence-corrected chi connectivity index (χ3v) is 2.42. The summed E-state index contributed by atoms with van der Waals surface area (Å²) in [6.07, 6.45) is 0. The molecule has 1 aromatic carbocycles. The fourth-order valence-electron chi connectivity index (χ4n) is 1.46. The first-order chi connectivity index (χ1) is 6.56. The summed E-state index contributed by atoms with van der Waals surface area (Å²) in [4.78, 5) is 4.34. The van der Waals surface area contributed by atoms with Crippen molar-refractivity contribution in [3.05, 3.63) is 29.3 Å². The first-order valence-corrected chi connectivity index (χ1v) is 5.01. The van der Waals surface area contributed by atoms with Crippen LogP contribution in [0.4, 0.5) is 0 Å². The van der Waals surface area contributed by atoms with Gasteiger partial charge >= 0.3 is 0 Å². The van der Waals surface area contributed by atoms with Crippen molar-refractivity contribution in [2.24, 2.45) is 0 Å². The first kappa shape index (κ1) is 11.1. The Labute approximate surface area is 85.5 Å². The summed E-state index contributed by atoms with van der Waals surface area (Å²) in [7, 11) is 0. The summed E-state index contributed by atoms with van der Waals surface area (Å²) in [6, 6.07) is 5.91. The predicted octanol–water partition coefficient (Wildman–Crippen LogP) is 3.79. The van der Waals surface area contributed by atoms with Crippen LogP contribution in [0.5, 0.6) is 5.75 Å². The number of hydrogen-bond acceptors (Lipinski definition) is 2. The van der Waals surface area contributed by atoms with Crippen molar-refractivity contribution in [1.29, 1.82) is 0 Å². The summed E-state index contributed by atoms with van der Waals surface area (Å²) in [5.74, 6) is 1.42. The Kier molecular flexibility index (Phi) is 3.53. The van der Waals surface area contributed by atoms with Gasteiger partial charge in [0.15, 0.2) is 5.75 Å². The summed E-state index contributed by atoms with van der Waals surface area (Å²) in [5, 5.41) is 8.70. The minimum atomic E-state index is 0.357. The Bertz CT molecular complexity index is 303. The SMILES string of the molecule is CC(C)c1ccc(OO)c(C(C)C)c1. The van der Waals surface area contributed by atoms with E-state index in [1.807, 2.05) is 12.1 Å². The van der Waals surface area contributed by atoms with Gasteiger partial charge in [0, 0.05) is 5.56 Å². The van der Waals surface area contributed by atoms with E-state index >= 15 is 0 Å². The van der Waals surface area contributed by atoms with Crippen molar-refractivity contribution in [2.75, 3.05) is 0 Å². The van der Waals surface area contributed by atoms with Crippen LogP contribution in [-0.2, 0) is 0 Å². The highest BCUT2D eigenvalue weighted by atomic mass is 17.1. The molecule has 0 heterocycles. The van der Waals surface area contributed by atoms with Gasteiger partial charge in [-0.2, -0.15) is 0 Å². The normalized spacial score (nSPS) is 11.1. The number of benzene rings is 1. The molecule has 2 heteroatoms. The van der Waals surface area contributed by atoms with Crippen LogP contribution >= 0.6 is 0 Å². The highest BCUT2D eigenvalue weighted by molar-refractivity contribution is 5.39. The summed E-state index contributed by atoms with van der Waals surface area (Å²) >= 11 is 0. The van der Waals surface area contributed by atoms with Crippen LogP contribution in [0.25, 0.3) is 0 Å². The molecule has 0 atom stereocenters. The Balaban J connectivity index is 3.14. The van der Waals surface area contributed by atoms with Crippen LogP contribution < -0.4 is 4.89 Å². The second kappa shape index (κ2) is 4.47. The van der Waals surface area contributed by atoms with Crippen LogP contribution in [0.2, 0.25) is 0 Å². The molecule has 78 valence electrons. The first-order valence-electron chi connectivity index (χ1n) is 5.01. The van der Waals surface area contributed by atoms with Crippen LogP contribution in [0.3, 0.4) is 0 Å². The maximum atomic E-state index is 8.70. The molecule has 0 aliphatic rings. The highest BCUT2D eigenvalue weighted by Gasteiger charge is 2.10. The Morgan fingerprint density at radius 2 is 1.71 bits per heavy atom. The molecule has 0 aromatic heterocycles. The smallest absolute Gasteiger partial charge is 0.168 e. The summed E-state index contributed by atoms with van der Waals surface area (Å²) < 4.78 is 0. The molecule has 0 bridgehead atoms. The van der Waals surface area contributed by atoms with Crippen molar-refractivity contribution in [1.82, 2.24) is 0 Å². The van der Waals surface area contributed by atoms with E-state index in [0.717, 1.165) is 5.56 Å². The average Bonchev–Trinajstić information content (AvgIpc) is 2.16. The van der Waals surface area contributed by atoms with Gasteiger partial charge in [-0.25, -0.2) is 5.26 Å². The molecule has 0 fully saturated rings. The molecular weight excluding hydrogens is 176 g/mol. The van der Waals surface area contributed by atoms with Crippen LogP contribution in [0.15, 0.2) is 18.2 Å². The van der Waals surface area contributed by atoms with Gasteiger partial charge in [-0.15, -0.1) is 0 Å². The van der Waals surface area contributed by atoms with Gasteiger partial charge in [0.1, 0.15) is 0 Å². The molecule has 1 rings (SSSR count). The van der Waals surface area contributed by atoms with Gasteiger partial charge in [-0.3, -0.25) is 0 Å². The Hall–Kier alpha value is -1.02. The molecule has 0 aliphatic heterocycles. The van der Waals surface area contributed by atoms with Gasteiger partial charge in [0.2, 0.25) is 0 Å². The van der Waals surface area contributed by atoms with Gasteiger partial charge in [-0.05, 0) is 23.5 Å². The molecule has 0 spiro atoms. The highest BCUT2D eigenvalue weighted by Crippen LogP contribution is 2.29. The maximum Gasteiger partial charge on any atom is 0.168 e. The van der Waals surface area contributed by atoms with E-state index in [1.54, 1.807) is 0 Å². The average molecular weight is 194 g/mol. The second-order valence-electron chi connectivity index (χ2n) is 4.20. The van der Waals surface area contributed by atoms with Crippen molar-refractivity contribution in [3.8, 4) is 5.75 Å². The van der Waals surface area contributed by atoms with Crippen molar-refractivity contribution < 1.29 is 10.1 Å². The zero-order valence-corrected chi connectivity index (χ0v) is 9.24. The van der Waals surface area contributed by atoms with E-state index in [-0.39, 0.29) is 0 Å². The Morgan fingerprint density at radius 3 is 2.14 bits per heavy atom. The number of rotatable bonds is 3. The lowest BCUT2D eigenvalue weighted by Gasteiger charge is -2.13. The van der Waals surface area contributed by atoms with Crippen LogP contribution in [-0.4, -0.2) is 5.26 Å². The van der Waals surface area contributed by atoms with Crippen LogP contribution in [0.1, 0.15) is 50.7 Å². The molecule has 0 unspecified atom stereocenters. The van der Waals surface area contributed by atoms with Gasteiger partial charge in [0.25, 0.3) is 0 Å². The monoisotopic (exact) mass is 194 g/mol. The van der Waals surface area contributed by atoms with Crippen molar-refractivity contribution in [3.63, 3.8) is 0 Å². The quantitative estimate of drug-likeness (QED) is 0.586. The largest absolute Gasteiger partial charge is 0.340 e. The predicted molar refractivity (Wildman–Crippen MR) is 57.9 cm³/mol.